The summed E-state index contributed by atoms with van der Waals surface area (Å²) < 4.78 is 5.41. The van der Waals surface area contributed by atoms with Crippen molar-refractivity contribution in [3.8, 4) is 0 Å². The van der Waals surface area contributed by atoms with Crippen LogP contribution in [-0.2, 0) is 6.54 Å². The summed E-state index contributed by atoms with van der Waals surface area (Å²) in [5.74, 6) is 1.02. The third-order valence-electron chi connectivity index (χ3n) is 3.80. The predicted molar refractivity (Wildman–Crippen MR) is 60.9 cm³/mol. The molecule has 3 nitrogen and oxygen atoms in total. The lowest BCUT2D eigenvalue weighted by molar-refractivity contribution is 0.0564. The number of aliphatic hydroxyl groups excluding tert-OH is 1. The molecule has 0 radical (unpaired) electrons. The second kappa shape index (κ2) is 4.22. The Bertz CT molecular complexity index is 332. The van der Waals surface area contributed by atoms with Crippen molar-refractivity contribution < 1.29 is 9.52 Å². The van der Waals surface area contributed by atoms with Gasteiger partial charge in [-0.1, -0.05) is 0 Å². The lowest BCUT2D eigenvalue weighted by Gasteiger charge is -2.30. The summed E-state index contributed by atoms with van der Waals surface area (Å²) in [4.78, 5) is 2.45. The molecule has 2 saturated carbocycles. The molecule has 88 valence electrons. The average Bonchev–Trinajstić information content (AvgIpc) is 2.82. The number of hydrogen-bond acceptors (Lipinski definition) is 3. The van der Waals surface area contributed by atoms with Gasteiger partial charge < -0.3 is 9.52 Å². The number of aliphatic hydroxyl groups is 1. The van der Waals surface area contributed by atoms with Gasteiger partial charge in [-0.2, -0.15) is 0 Å². The van der Waals surface area contributed by atoms with Gasteiger partial charge in [-0.05, 0) is 44.2 Å². The zero-order valence-corrected chi connectivity index (χ0v) is 9.51. The average molecular weight is 221 g/mol. The first kappa shape index (κ1) is 10.4. The van der Waals surface area contributed by atoms with E-state index in [-0.39, 0.29) is 6.10 Å². The summed E-state index contributed by atoms with van der Waals surface area (Å²) in [5, 5.41) is 9.99. The highest BCUT2D eigenvalue weighted by Gasteiger charge is 2.39. The molecule has 0 aliphatic heterocycles. The first-order valence-corrected chi connectivity index (χ1v) is 6.31. The lowest BCUT2D eigenvalue weighted by Crippen LogP contribution is -2.41. The minimum absolute atomic E-state index is 0.129. The van der Waals surface area contributed by atoms with Gasteiger partial charge in [0.2, 0.25) is 0 Å². The van der Waals surface area contributed by atoms with Gasteiger partial charge in [0.05, 0.1) is 18.9 Å². The van der Waals surface area contributed by atoms with Gasteiger partial charge in [0.25, 0.3) is 0 Å². The molecular formula is C13H19NO2. The molecule has 1 aromatic heterocycles. The van der Waals surface area contributed by atoms with E-state index in [1.54, 1.807) is 6.26 Å². The van der Waals surface area contributed by atoms with Gasteiger partial charge in [-0.15, -0.1) is 0 Å². The summed E-state index contributed by atoms with van der Waals surface area (Å²) in [7, 11) is 0. The number of furan rings is 1. The molecule has 0 amide bonds. The Balaban J connectivity index is 1.71. The molecule has 1 heterocycles. The van der Waals surface area contributed by atoms with Crippen molar-refractivity contribution in [1.82, 2.24) is 4.90 Å². The van der Waals surface area contributed by atoms with Crippen molar-refractivity contribution in [3.05, 3.63) is 24.2 Å². The molecule has 0 aromatic carbocycles. The van der Waals surface area contributed by atoms with Crippen LogP contribution in [0.25, 0.3) is 0 Å². The largest absolute Gasteiger partial charge is 0.468 e. The summed E-state index contributed by atoms with van der Waals surface area (Å²) in [5.41, 5.74) is 0. The Kier molecular flexibility index (Phi) is 2.74. The van der Waals surface area contributed by atoms with Crippen molar-refractivity contribution in [2.45, 2.75) is 56.8 Å². The third-order valence-corrected chi connectivity index (χ3v) is 3.80. The Morgan fingerprint density at radius 2 is 2.19 bits per heavy atom. The molecule has 2 fully saturated rings. The molecule has 2 atom stereocenters. The maximum absolute atomic E-state index is 9.99. The van der Waals surface area contributed by atoms with Crippen molar-refractivity contribution >= 4 is 0 Å². The minimum Gasteiger partial charge on any atom is -0.468 e. The van der Waals surface area contributed by atoms with Crippen LogP contribution in [0.4, 0.5) is 0 Å². The zero-order chi connectivity index (χ0) is 11.0. The van der Waals surface area contributed by atoms with Crippen LogP contribution in [0.3, 0.4) is 0 Å². The molecule has 2 aliphatic rings. The number of rotatable bonds is 4. The van der Waals surface area contributed by atoms with Crippen LogP contribution in [0.2, 0.25) is 0 Å². The maximum Gasteiger partial charge on any atom is 0.117 e. The molecule has 1 N–H and O–H groups in total. The molecule has 1 aromatic rings. The number of nitrogens with zero attached hydrogens (tertiary/aromatic N) is 1. The minimum atomic E-state index is -0.129. The highest BCUT2D eigenvalue weighted by Crippen LogP contribution is 2.35. The van der Waals surface area contributed by atoms with Crippen molar-refractivity contribution in [2.24, 2.45) is 0 Å². The van der Waals surface area contributed by atoms with E-state index in [0.29, 0.717) is 12.1 Å². The van der Waals surface area contributed by atoms with Gasteiger partial charge in [0.15, 0.2) is 0 Å². The van der Waals surface area contributed by atoms with E-state index < -0.39 is 0 Å². The van der Waals surface area contributed by atoms with Crippen molar-refractivity contribution in [3.63, 3.8) is 0 Å². The molecule has 3 rings (SSSR count). The summed E-state index contributed by atoms with van der Waals surface area (Å²) in [6.45, 7) is 0.861. The molecule has 2 unspecified atom stereocenters. The van der Waals surface area contributed by atoms with E-state index in [1.807, 2.05) is 12.1 Å². The Hall–Kier alpha value is -0.800. The fraction of sp³-hybridized carbons (Fsp3) is 0.692. The van der Waals surface area contributed by atoms with E-state index >= 15 is 0 Å². The van der Waals surface area contributed by atoms with Crippen LogP contribution in [0, 0.1) is 0 Å². The Morgan fingerprint density at radius 3 is 2.75 bits per heavy atom. The fourth-order valence-corrected chi connectivity index (χ4v) is 2.81. The van der Waals surface area contributed by atoms with Gasteiger partial charge in [-0.3, -0.25) is 4.90 Å². The highest BCUT2D eigenvalue weighted by molar-refractivity contribution is 5.02. The normalized spacial score (nSPS) is 30.1. The molecule has 3 heteroatoms. The third kappa shape index (κ3) is 2.02. The summed E-state index contributed by atoms with van der Waals surface area (Å²) in [6.07, 6.45) is 7.42. The van der Waals surface area contributed by atoms with Crippen molar-refractivity contribution in [1.29, 1.82) is 0 Å². The van der Waals surface area contributed by atoms with Gasteiger partial charge in [-0.25, -0.2) is 0 Å². The van der Waals surface area contributed by atoms with E-state index in [1.165, 1.54) is 12.8 Å². The maximum atomic E-state index is 9.99. The molecule has 0 spiro atoms. The van der Waals surface area contributed by atoms with Crippen molar-refractivity contribution in [2.75, 3.05) is 0 Å². The smallest absolute Gasteiger partial charge is 0.117 e. The fourth-order valence-electron chi connectivity index (χ4n) is 2.81. The zero-order valence-electron chi connectivity index (χ0n) is 9.51. The first-order chi connectivity index (χ1) is 7.84. The van der Waals surface area contributed by atoms with E-state index in [4.69, 9.17) is 4.42 Å². The Labute approximate surface area is 96.1 Å². The lowest BCUT2D eigenvalue weighted by atomic mass is 10.1. The monoisotopic (exact) mass is 221 g/mol. The van der Waals surface area contributed by atoms with Crippen LogP contribution >= 0.6 is 0 Å². The van der Waals surface area contributed by atoms with E-state index in [0.717, 1.165) is 31.6 Å². The molecule has 16 heavy (non-hydrogen) atoms. The summed E-state index contributed by atoms with van der Waals surface area (Å²) >= 11 is 0. The molecule has 0 saturated heterocycles. The van der Waals surface area contributed by atoms with E-state index in [2.05, 4.69) is 4.90 Å². The van der Waals surface area contributed by atoms with Gasteiger partial charge in [0.1, 0.15) is 5.76 Å². The predicted octanol–water partition coefficient (Wildman–Crippen LogP) is 2.16. The first-order valence-electron chi connectivity index (χ1n) is 6.31. The van der Waals surface area contributed by atoms with Crippen LogP contribution < -0.4 is 0 Å². The second-order valence-electron chi connectivity index (χ2n) is 5.05. The molecule has 0 bridgehead atoms. The van der Waals surface area contributed by atoms with Crippen LogP contribution in [0.1, 0.15) is 37.9 Å². The Morgan fingerprint density at radius 1 is 1.31 bits per heavy atom. The SMILES string of the molecule is OC1CCCC1N(Cc1ccco1)C1CC1. The van der Waals surface area contributed by atoms with Gasteiger partial charge in [0, 0.05) is 12.1 Å². The highest BCUT2D eigenvalue weighted by atomic mass is 16.3. The topological polar surface area (TPSA) is 36.6 Å². The van der Waals surface area contributed by atoms with Crippen LogP contribution in [0.5, 0.6) is 0 Å². The second-order valence-corrected chi connectivity index (χ2v) is 5.05. The van der Waals surface area contributed by atoms with E-state index in [9.17, 15) is 5.11 Å². The number of hydrogen-bond donors (Lipinski definition) is 1. The van der Waals surface area contributed by atoms with Gasteiger partial charge >= 0.3 is 0 Å². The molecular weight excluding hydrogens is 202 g/mol. The summed E-state index contributed by atoms with van der Waals surface area (Å²) in [6, 6.07) is 5.00. The quantitative estimate of drug-likeness (QED) is 0.846. The molecule has 2 aliphatic carbocycles. The van der Waals surface area contributed by atoms with Crippen LogP contribution in [0.15, 0.2) is 22.8 Å². The standard InChI is InChI=1S/C13H19NO2/c15-13-5-1-4-12(13)14(10-6-7-10)9-11-3-2-8-16-11/h2-3,8,10,12-13,15H,1,4-7,9H2. The van der Waals surface area contributed by atoms with Crippen LogP contribution in [-0.4, -0.2) is 28.2 Å².